The first-order valence-electron chi connectivity index (χ1n) is 4.18. The van der Waals surface area contributed by atoms with Crippen LogP contribution >= 0.6 is 11.7 Å². The van der Waals surface area contributed by atoms with Crippen LogP contribution in [0.25, 0.3) is 11.3 Å². The number of aromatic nitrogens is 2. The number of rotatable bonds is 2. The maximum absolute atomic E-state index is 13.4. The van der Waals surface area contributed by atoms with Crippen LogP contribution in [0, 0.1) is 11.6 Å². The van der Waals surface area contributed by atoms with Gasteiger partial charge in [0.05, 0.1) is 11.7 Å². The van der Waals surface area contributed by atoms with E-state index in [-0.39, 0.29) is 5.56 Å². The standard InChI is InChI=1S/C9H7F2N3S/c1-12-9-8(13-15-14-9)6-4-5(10)2-3-7(6)11/h2-4H,1H3,(H,12,14). The van der Waals surface area contributed by atoms with Gasteiger partial charge >= 0.3 is 0 Å². The molecule has 0 spiro atoms. The smallest absolute Gasteiger partial charge is 0.167 e. The van der Waals surface area contributed by atoms with Crippen LogP contribution in [0.3, 0.4) is 0 Å². The Hall–Kier alpha value is -1.56. The maximum Gasteiger partial charge on any atom is 0.167 e. The van der Waals surface area contributed by atoms with Gasteiger partial charge in [0.15, 0.2) is 5.82 Å². The summed E-state index contributed by atoms with van der Waals surface area (Å²) in [4.78, 5) is 0. The summed E-state index contributed by atoms with van der Waals surface area (Å²) < 4.78 is 34.2. The summed E-state index contributed by atoms with van der Waals surface area (Å²) in [6.07, 6.45) is 0. The third-order valence-corrected chi connectivity index (χ3v) is 2.44. The quantitative estimate of drug-likeness (QED) is 0.856. The monoisotopic (exact) mass is 227 g/mol. The van der Waals surface area contributed by atoms with Crippen molar-refractivity contribution < 1.29 is 8.78 Å². The molecule has 0 aliphatic rings. The Kier molecular flexibility index (Phi) is 2.59. The van der Waals surface area contributed by atoms with E-state index in [0.29, 0.717) is 11.5 Å². The zero-order chi connectivity index (χ0) is 10.8. The molecule has 0 amide bonds. The number of nitrogens with one attached hydrogen (secondary N) is 1. The van der Waals surface area contributed by atoms with Crippen molar-refractivity contribution in [3.05, 3.63) is 29.8 Å². The Balaban J connectivity index is 2.58. The lowest BCUT2D eigenvalue weighted by atomic mass is 10.1. The van der Waals surface area contributed by atoms with Gasteiger partial charge in [0.25, 0.3) is 0 Å². The fraction of sp³-hybridized carbons (Fsp3) is 0.111. The van der Waals surface area contributed by atoms with Crippen molar-refractivity contribution in [2.75, 3.05) is 12.4 Å². The minimum atomic E-state index is -0.513. The van der Waals surface area contributed by atoms with Gasteiger partial charge in [-0.3, -0.25) is 0 Å². The second-order valence-corrected chi connectivity index (χ2v) is 3.36. The highest BCUT2D eigenvalue weighted by molar-refractivity contribution is 6.99. The Labute approximate surface area is 89.1 Å². The van der Waals surface area contributed by atoms with Crippen molar-refractivity contribution >= 4 is 17.5 Å². The molecule has 3 nitrogen and oxygen atoms in total. The first-order valence-corrected chi connectivity index (χ1v) is 4.91. The van der Waals surface area contributed by atoms with Gasteiger partial charge in [0.1, 0.15) is 17.3 Å². The number of benzene rings is 1. The number of halogens is 2. The number of hydrogen-bond donors (Lipinski definition) is 1. The summed E-state index contributed by atoms with van der Waals surface area (Å²) in [5, 5.41) is 2.77. The van der Waals surface area contributed by atoms with Gasteiger partial charge in [-0.1, -0.05) is 0 Å². The maximum atomic E-state index is 13.4. The van der Waals surface area contributed by atoms with E-state index in [1.54, 1.807) is 7.05 Å². The lowest BCUT2D eigenvalue weighted by Crippen LogP contribution is -1.93. The van der Waals surface area contributed by atoms with Crippen molar-refractivity contribution in [3.8, 4) is 11.3 Å². The molecule has 0 fully saturated rings. The fourth-order valence-corrected chi connectivity index (χ4v) is 1.77. The van der Waals surface area contributed by atoms with E-state index in [9.17, 15) is 8.78 Å². The molecule has 15 heavy (non-hydrogen) atoms. The Bertz CT molecular complexity index is 484. The van der Waals surface area contributed by atoms with Crippen molar-refractivity contribution in [2.45, 2.75) is 0 Å². The van der Waals surface area contributed by atoms with Gasteiger partial charge in [-0.25, -0.2) is 8.78 Å². The molecule has 78 valence electrons. The summed E-state index contributed by atoms with van der Waals surface area (Å²) in [7, 11) is 1.65. The molecule has 1 N–H and O–H groups in total. The van der Waals surface area contributed by atoms with E-state index in [0.717, 1.165) is 29.9 Å². The van der Waals surface area contributed by atoms with Crippen LogP contribution in [0.2, 0.25) is 0 Å². The van der Waals surface area contributed by atoms with Crippen molar-refractivity contribution in [2.24, 2.45) is 0 Å². The van der Waals surface area contributed by atoms with Crippen LogP contribution < -0.4 is 5.32 Å². The molecular weight excluding hydrogens is 220 g/mol. The topological polar surface area (TPSA) is 37.8 Å². The molecule has 2 rings (SSSR count). The summed E-state index contributed by atoms with van der Waals surface area (Å²) >= 11 is 0.949. The highest BCUT2D eigenvalue weighted by Crippen LogP contribution is 2.28. The molecule has 0 aliphatic heterocycles. The third kappa shape index (κ3) is 1.80. The van der Waals surface area contributed by atoms with Gasteiger partial charge in [-0.05, 0) is 18.2 Å². The van der Waals surface area contributed by atoms with Crippen molar-refractivity contribution in [1.29, 1.82) is 0 Å². The minimum Gasteiger partial charge on any atom is -0.370 e. The van der Waals surface area contributed by atoms with Crippen LogP contribution in [0.1, 0.15) is 0 Å². The lowest BCUT2D eigenvalue weighted by Gasteiger charge is -2.01. The Morgan fingerprint density at radius 2 is 2.07 bits per heavy atom. The lowest BCUT2D eigenvalue weighted by molar-refractivity contribution is 0.603. The van der Waals surface area contributed by atoms with E-state index in [4.69, 9.17) is 0 Å². The Morgan fingerprint density at radius 1 is 1.27 bits per heavy atom. The van der Waals surface area contributed by atoms with E-state index in [2.05, 4.69) is 14.1 Å². The molecule has 0 saturated heterocycles. The zero-order valence-electron chi connectivity index (χ0n) is 7.79. The van der Waals surface area contributed by atoms with Gasteiger partial charge in [-0.2, -0.15) is 8.75 Å². The average molecular weight is 227 g/mol. The second kappa shape index (κ2) is 3.90. The molecule has 2 aromatic rings. The number of anilines is 1. The predicted molar refractivity (Wildman–Crippen MR) is 54.8 cm³/mol. The van der Waals surface area contributed by atoms with E-state index >= 15 is 0 Å². The highest BCUT2D eigenvalue weighted by Gasteiger charge is 2.14. The molecular formula is C9H7F2N3S. The van der Waals surface area contributed by atoms with Gasteiger partial charge in [0.2, 0.25) is 0 Å². The van der Waals surface area contributed by atoms with Gasteiger partial charge in [0, 0.05) is 12.6 Å². The van der Waals surface area contributed by atoms with Crippen molar-refractivity contribution in [3.63, 3.8) is 0 Å². The first kappa shape index (κ1) is 9.97. The molecule has 0 radical (unpaired) electrons. The van der Waals surface area contributed by atoms with Gasteiger partial charge < -0.3 is 5.32 Å². The SMILES string of the molecule is CNc1nsnc1-c1cc(F)ccc1F. The molecule has 0 aliphatic carbocycles. The van der Waals surface area contributed by atoms with E-state index in [1.807, 2.05) is 0 Å². The van der Waals surface area contributed by atoms with Crippen LogP contribution in [0.15, 0.2) is 18.2 Å². The van der Waals surface area contributed by atoms with Crippen LogP contribution in [0.4, 0.5) is 14.6 Å². The summed E-state index contributed by atoms with van der Waals surface area (Å²) in [6, 6.07) is 3.24. The molecule has 6 heteroatoms. The average Bonchev–Trinajstić information content (AvgIpc) is 2.69. The first-order chi connectivity index (χ1) is 7.22. The molecule has 0 saturated carbocycles. The van der Waals surface area contributed by atoms with E-state index < -0.39 is 11.6 Å². The van der Waals surface area contributed by atoms with Crippen molar-refractivity contribution in [1.82, 2.24) is 8.75 Å². The molecule has 0 bridgehead atoms. The highest BCUT2D eigenvalue weighted by atomic mass is 32.1. The summed E-state index contributed by atoms with van der Waals surface area (Å²) in [5.41, 5.74) is 0.451. The molecule has 1 aromatic carbocycles. The minimum absolute atomic E-state index is 0.119. The van der Waals surface area contributed by atoms with Crippen LogP contribution in [-0.2, 0) is 0 Å². The van der Waals surface area contributed by atoms with Crippen LogP contribution in [-0.4, -0.2) is 15.8 Å². The third-order valence-electron chi connectivity index (χ3n) is 1.91. The van der Waals surface area contributed by atoms with Crippen LogP contribution in [0.5, 0.6) is 0 Å². The fourth-order valence-electron chi connectivity index (χ4n) is 1.21. The largest absolute Gasteiger partial charge is 0.370 e. The summed E-state index contributed by atoms with van der Waals surface area (Å²) in [5.74, 6) is -0.563. The number of nitrogens with zero attached hydrogens (tertiary/aromatic N) is 2. The zero-order valence-corrected chi connectivity index (χ0v) is 8.61. The normalized spacial score (nSPS) is 10.3. The Morgan fingerprint density at radius 3 is 2.80 bits per heavy atom. The second-order valence-electron chi connectivity index (χ2n) is 2.84. The van der Waals surface area contributed by atoms with Gasteiger partial charge in [-0.15, -0.1) is 0 Å². The molecule has 0 atom stereocenters. The number of hydrogen-bond acceptors (Lipinski definition) is 4. The predicted octanol–water partition coefficient (Wildman–Crippen LogP) is 2.53. The molecule has 1 heterocycles. The van der Waals surface area contributed by atoms with E-state index in [1.165, 1.54) is 0 Å². The molecule has 1 aromatic heterocycles. The molecule has 0 unspecified atom stereocenters. The summed E-state index contributed by atoms with van der Waals surface area (Å²) in [6.45, 7) is 0.